The normalized spacial score (nSPS) is 30.4. The zero-order chi connectivity index (χ0) is 14.8. The first-order valence-corrected chi connectivity index (χ1v) is 7.91. The number of hydrogen-bond acceptors (Lipinski definition) is 2. The largest absolute Gasteiger partial charge is 0.481 e. The van der Waals surface area contributed by atoms with Gasteiger partial charge in [0.25, 0.3) is 0 Å². The lowest BCUT2D eigenvalue weighted by Gasteiger charge is -2.39. The van der Waals surface area contributed by atoms with Crippen molar-refractivity contribution in [1.29, 1.82) is 0 Å². The molecule has 4 heteroatoms. The van der Waals surface area contributed by atoms with E-state index in [-0.39, 0.29) is 18.4 Å². The van der Waals surface area contributed by atoms with Crippen molar-refractivity contribution in [2.75, 3.05) is 6.54 Å². The van der Waals surface area contributed by atoms with E-state index in [9.17, 15) is 9.59 Å². The zero-order valence-corrected chi connectivity index (χ0v) is 12.7. The summed E-state index contributed by atoms with van der Waals surface area (Å²) in [6, 6.07) is 0. The molecule has 20 heavy (non-hydrogen) atoms. The smallest absolute Gasteiger partial charge is 0.310 e. The first kappa shape index (κ1) is 15.3. The predicted octanol–water partition coefficient (Wildman–Crippen LogP) is 2.82. The number of rotatable bonds is 4. The van der Waals surface area contributed by atoms with Gasteiger partial charge in [0.05, 0.1) is 5.41 Å². The van der Waals surface area contributed by atoms with Crippen molar-refractivity contribution in [3.63, 3.8) is 0 Å². The Morgan fingerprint density at radius 2 is 1.75 bits per heavy atom. The number of aliphatic carboxylic acids is 1. The van der Waals surface area contributed by atoms with Crippen molar-refractivity contribution in [2.45, 2.75) is 58.8 Å². The third-order valence-corrected chi connectivity index (χ3v) is 5.19. The van der Waals surface area contributed by atoms with Crippen molar-refractivity contribution < 1.29 is 14.7 Å². The van der Waals surface area contributed by atoms with Gasteiger partial charge in [-0.3, -0.25) is 9.59 Å². The molecule has 2 fully saturated rings. The molecule has 4 nitrogen and oxygen atoms in total. The SMILES string of the molecule is CC(C)(CNC(=O)C1CCC2CCCCC2C1)C(=O)O. The minimum atomic E-state index is -0.891. The summed E-state index contributed by atoms with van der Waals surface area (Å²) in [5.74, 6) is 0.847. The van der Waals surface area contributed by atoms with Crippen molar-refractivity contribution in [2.24, 2.45) is 23.2 Å². The third kappa shape index (κ3) is 3.53. The van der Waals surface area contributed by atoms with Gasteiger partial charge in [0.2, 0.25) is 5.91 Å². The van der Waals surface area contributed by atoms with E-state index in [1.54, 1.807) is 13.8 Å². The van der Waals surface area contributed by atoms with E-state index in [1.807, 2.05) is 0 Å². The zero-order valence-electron chi connectivity index (χ0n) is 12.7. The molecule has 1 amide bonds. The number of amides is 1. The molecule has 0 aromatic heterocycles. The van der Waals surface area contributed by atoms with Gasteiger partial charge in [0, 0.05) is 12.5 Å². The van der Waals surface area contributed by atoms with Gasteiger partial charge < -0.3 is 10.4 Å². The first-order chi connectivity index (χ1) is 9.40. The van der Waals surface area contributed by atoms with Crippen LogP contribution >= 0.6 is 0 Å². The Balaban J connectivity index is 1.83. The van der Waals surface area contributed by atoms with Gasteiger partial charge >= 0.3 is 5.97 Å². The summed E-state index contributed by atoms with van der Waals surface area (Å²) in [4.78, 5) is 23.3. The van der Waals surface area contributed by atoms with Gasteiger partial charge in [-0.05, 0) is 44.9 Å². The minimum Gasteiger partial charge on any atom is -0.481 e. The lowest BCUT2D eigenvalue weighted by atomic mass is 9.67. The minimum absolute atomic E-state index is 0.0587. The molecule has 0 heterocycles. The number of carboxylic acid groups (broad SMARTS) is 1. The second-order valence-electron chi connectivity index (χ2n) is 7.22. The summed E-state index contributed by atoms with van der Waals surface area (Å²) in [5, 5.41) is 11.9. The van der Waals surface area contributed by atoms with E-state index in [1.165, 1.54) is 32.1 Å². The summed E-state index contributed by atoms with van der Waals surface area (Å²) in [6.07, 6.45) is 8.42. The summed E-state index contributed by atoms with van der Waals surface area (Å²) in [6.45, 7) is 3.51. The van der Waals surface area contributed by atoms with Crippen LogP contribution in [0.25, 0.3) is 0 Å². The molecule has 3 unspecified atom stereocenters. The Morgan fingerprint density at radius 3 is 2.40 bits per heavy atom. The molecule has 0 aromatic carbocycles. The fourth-order valence-corrected chi connectivity index (χ4v) is 3.64. The number of carbonyl (C=O) groups excluding carboxylic acids is 1. The molecule has 2 saturated carbocycles. The van der Waals surface area contributed by atoms with Crippen LogP contribution in [0.3, 0.4) is 0 Å². The Labute approximate surface area is 121 Å². The molecule has 2 aliphatic rings. The number of carbonyl (C=O) groups is 2. The number of fused-ring (bicyclic) bond motifs is 1. The first-order valence-electron chi connectivity index (χ1n) is 7.91. The maximum Gasteiger partial charge on any atom is 0.310 e. The molecule has 0 spiro atoms. The van der Waals surface area contributed by atoms with Gasteiger partial charge in [-0.15, -0.1) is 0 Å². The second-order valence-corrected chi connectivity index (χ2v) is 7.22. The van der Waals surface area contributed by atoms with E-state index >= 15 is 0 Å². The predicted molar refractivity (Wildman–Crippen MR) is 77.2 cm³/mol. The van der Waals surface area contributed by atoms with Crippen LogP contribution in [-0.2, 0) is 9.59 Å². The fraction of sp³-hybridized carbons (Fsp3) is 0.875. The highest BCUT2D eigenvalue weighted by atomic mass is 16.4. The van der Waals surface area contributed by atoms with Gasteiger partial charge in [-0.1, -0.05) is 25.7 Å². The van der Waals surface area contributed by atoms with Gasteiger partial charge in [-0.2, -0.15) is 0 Å². The summed E-state index contributed by atoms with van der Waals surface area (Å²) < 4.78 is 0. The highest BCUT2D eigenvalue weighted by Gasteiger charge is 2.36. The van der Waals surface area contributed by atoms with E-state index in [0.29, 0.717) is 0 Å². The van der Waals surface area contributed by atoms with Crippen LogP contribution in [0.5, 0.6) is 0 Å². The molecule has 0 bridgehead atoms. The highest BCUT2D eigenvalue weighted by molar-refractivity contribution is 5.80. The van der Waals surface area contributed by atoms with Crippen LogP contribution in [0, 0.1) is 23.2 Å². The van der Waals surface area contributed by atoms with Gasteiger partial charge in [0.1, 0.15) is 0 Å². The molecule has 0 radical (unpaired) electrons. The van der Waals surface area contributed by atoms with E-state index in [2.05, 4.69) is 5.32 Å². The molecule has 0 aromatic rings. The van der Waals surface area contributed by atoms with Crippen molar-refractivity contribution in [3.05, 3.63) is 0 Å². The summed E-state index contributed by atoms with van der Waals surface area (Å²) in [7, 11) is 0. The standard InChI is InChI=1S/C16H27NO3/c1-16(2,15(19)20)10-17-14(18)13-8-7-11-5-3-4-6-12(11)9-13/h11-13H,3-10H2,1-2H3,(H,17,18)(H,19,20). The van der Waals surface area contributed by atoms with E-state index in [0.717, 1.165) is 24.7 Å². The van der Waals surface area contributed by atoms with Crippen LogP contribution < -0.4 is 5.32 Å². The second kappa shape index (κ2) is 6.15. The topological polar surface area (TPSA) is 66.4 Å². The third-order valence-electron chi connectivity index (χ3n) is 5.19. The van der Waals surface area contributed by atoms with Crippen LogP contribution in [0.15, 0.2) is 0 Å². The quantitative estimate of drug-likeness (QED) is 0.832. The average molecular weight is 281 g/mol. The lowest BCUT2D eigenvalue weighted by molar-refractivity contribution is -0.147. The Kier molecular flexibility index (Phi) is 4.71. The highest BCUT2D eigenvalue weighted by Crippen LogP contribution is 2.42. The maximum atomic E-state index is 12.2. The maximum absolute atomic E-state index is 12.2. The van der Waals surface area contributed by atoms with Crippen molar-refractivity contribution in [3.8, 4) is 0 Å². The van der Waals surface area contributed by atoms with Crippen LogP contribution in [0.2, 0.25) is 0 Å². The number of carboxylic acids is 1. The Bertz CT molecular complexity index is 378. The average Bonchev–Trinajstić information content (AvgIpc) is 2.44. The van der Waals surface area contributed by atoms with Gasteiger partial charge in [0.15, 0.2) is 0 Å². The van der Waals surface area contributed by atoms with Crippen LogP contribution in [-0.4, -0.2) is 23.5 Å². The Morgan fingerprint density at radius 1 is 1.10 bits per heavy atom. The monoisotopic (exact) mass is 281 g/mol. The van der Waals surface area contributed by atoms with Crippen molar-refractivity contribution >= 4 is 11.9 Å². The number of nitrogens with one attached hydrogen (secondary N) is 1. The molecule has 114 valence electrons. The molecule has 2 N–H and O–H groups in total. The molecular weight excluding hydrogens is 254 g/mol. The van der Waals surface area contributed by atoms with E-state index < -0.39 is 11.4 Å². The van der Waals surface area contributed by atoms with Crippen LogP contribution in [0.1, 0.15) is 58.8 Å². The number of hydrogen-bond donors (Lipinski definition) is 2. The molecule has 0 saturated heterocycles. The molecule has 0 aliphatic heterocycles. The Hall–Kier alpha value is -1.06. The molecule has 3 atom stereocenters. The van der Waals surface area contributed by atoms with Crippen molar-refractivity contribution in [1.82, 2.24) is 5.32 Å². The molecule has 2 aliphatic carbocycles. The molecule has 2 rings (SSSR count). The summed E-state index contributed by atoms with van der Waals surface area (Å²) >= 11 is 0. The van der Waals surface area contributed by atoms with Crippen LogP contribution in [0.4, 0.5) is 0 Å². The fourth-order valence-electron chi connectivity index (χ4n) is 3.64. The van der Waals surface area contributed by atoms with Gasteiger partial charge in [-0.25, -0.2) is 0 Å². The van der Waals surface area contributed by atoms with E-state index in [4.69, 9.17) is 5.11 Å². The summed E-state index contributed by atoms with van der Waals surface area (Å²) in [5.41, 5.74) is -0.891. The molecular formula is C16H27NO3. The lowest BCUT2D eigenvalue weighted by Crippen LogP contribution is -2.43.